The Morgan fingerprint density at radius 3 is 1.97 bits per heavy atom. The first-order valence-corrected chi connectivity index (χ1v) is 13.2. The summed E-state index contributed by atoms with van der Waals surface area (Å²) in [5.74, 6) is -0.638. The normalized spacial score (nSPS) is 12.9. The molecule has 1 aliphatic rings. The molecule has 9 nitrogen and oxygen atoms in total. The molecule has 1 fully saturated rings. The molecule has 0 bridgehead atoms. The molecule has 0 amide bonds. The minimum absolute atomic E-state index is 0.00748. The van der Waals surface area contributed by atoms with Crippen LogP contribution < -0.4 is 4.72 Å². The molecule has 0 spiro atoms. The SMILES string of the molecule is [C-]#[N+]/C(C)=C/NS(C)(=O)=O.[C-]#[N+]C(C(=O)OCCCCCCCCCCCC)=C1OCCO1. The fourth-order valence-corrected chi connectivity index (χ4v) is 3.05. The van der Waals surface area contributed by atoms with Crippen LogP contribution in [0.15, 0.2) is 23.5 Å². The van der Waals surface area contributed by atoms with Crippen molar-refractivity contribution in [3.8, 4) is 0 Å². The maximum absolute atomic E-state index is 11.8. The summed E-state index contributed by atoms with van der Waals surface area (Å²) in [5, 5.41) is 0. The highest BCUT2D eigenvalue weighted by Gasteiger charge is 2.24. The van der Waals surface area contributed by atoms with Gasteiger partial charge in [-0.25, -0.2) is 18.1 Å². The first-order valence-electron chi connectivity index (χ1n) is 11.3. The molecule has 186 valence electrons. The summed E-state index contributed by atoms with van der Waals surface area (Å²) in [4.78, 5) is 17.9. The van der Waals surface area contributed by atoms with E-state index in [1.54, 1.807) is 0 Å². The van der Waals surface area contributed by atoms with Crippen molar-refractivity contribution in [2.75, 3.05) is 26.1 Å². The number of sulfonamides is 1. The quantitative estimate of drug-likeness (QED) is 0.163. The molecule has 1 rings (SSSR count). The van der Waals surface area contributed by atoms with Gasteiger partial charge in [-0.3, -0.25) is 4.79 Å². The Labute approximate surface area is 198 Å². The largest absolute Gasteiger partial charge is 0.470 e. The standard InChI is InChI=1S/C18H29NO4.C5H8N2O2S/c1-3-4-5-6-7-8-9-10-11-12-13-21-17(20)16(19-2)18-22-14-15-23-18;1-5(6-2)4-7-10(3,8)9/h3-15H2,1H3;4,7H,1,3H3/b;5-4+. The van der Waals surface area contributed by atoms with Crippen molar-refractivity contribution >= 4 is 16.0 Å². The number of allylic oxidation sites excluding steroid dienone is 1. The molecule has 1 heterocycles. The first kappa shape index (κ1) is 30.3. The minimum atomic E-state index is -3.20. The minimum Gasteiger partial charge on any atom is -0.470 e. The molecular weight excluding hydrogens is 446 g/mol. The Hall–Kier alpha value is -2.72. The second kappa shape index (κ2) is 18.8. The lowest BCUT2D eigenvalue weighted by atomic mass is 10.1. The highest BCUT2D eigenvalue weighted by atomic mass is 32.2. The third-order valence-electron chi connectivity index (χ3n) is 4.44. The van der Waals surface area contributed by atoms with Gasteiger partial charge in [0.25, 0.3) is 5.95 Å². The van der Waals surface area contributed by atoms with Gasteiger partial charge in [0.15, 0.2) is 5.70 Å². The summed E-state index contributed by atoms with van der Waals surface area (Å²) in [7, 11) is -3.20. The first-order chi connectivity index (χ1) is 15.7. The highest BCUT2D eigenvalue weighted by molar-refractivity contribution is 7.88. The van der Waals surface area contributed by atoms with Crippen LogP contribution in [-0.2, 0) is 29.0 Å². The molecule has 0 aromatic carbocycles. The average Bonchev–Trinajstić information content (AvgIpc) is 3.30. The molecule has 33 heavy (non-hydrogen) atoms. The maximum Gasteiger partial charge on any atom is 0.346 e. The predicted molar refractivity (Wildman–Crippen MR) is 127 cm³/mol. The number of esters is 1. The molecule has 0 aliphatic carbocycles. The number of ether oxygens (including phenoxy) is 3. The molecule has 10 heteroatoms. The van der Waals surface area contributed by atoms with Crippen molar-refractivity contribution in [2.24, 2.45) is 0 Å². The van der Waals surface area contributed by atoms with E-state index < -0.39 is 16.0 Å². The number of carbonyl (C=O) groups excluding carboxylic acids is 1. The van der Waals surface area contributed by atoms with Crippen LogP contribution in [0.3, 0.4) is 0 Å². The predicted octanol–water partition coefficient (Wildman–Crippen LogP) is 4.90. The third kappa shape index (κ3) is 17.5. The van der Waals surface area contributed by atoms with Crippen molar-refractivity contribution in [3.63, 3.8) is 0 Å². The van der Waals surface area contributed by atoms with Crippen molar-refractivity contribution in [3.05, 3.63) is 46.4 Å². The number of nitrogens with zero attached hydrogens (tertiary/aromatic N) is 2. The molecule has 0 unspecified atom stereocenters. The van der Waals surface area contributed by atoms with Crippen LogP contribution in [0.1, 0.15) is 78.1 Å². The van der Waals surface area contributed by atoms with E-state index in [4.69, 9.17) is 27.4 Å². The average molecular weight is 484 g/mol. The van der Waals surface area contributed by atoms with E-state index in [1.807, 2.05) is 0 Å². The second-order valence-electron chi connectivity index (χ2n) is 7.55. The molecule has 0 saturated carbocycles. The summed E-state index contributed by atoms with van der Waals surface area (Å²) in [6, 6.07) is 0. The van der Waals surface area contributed by atoms with E-state index in [1.165, 1.54) is 58.3 Å². The van der Waals surface area contributed by atoms with Crippen LogP contribution >= 0.6 is 0 Å². The molecule has 0 aromatic heterocycles. The van der Waals surface area contributed by atoms with E-state index in [0.717, 1.165) is 25.3 Å². The summed E-state index contributed by atoms with van der Waals surface area (Å²) < 4.78 is 38.1. The lowest BCUT2D eigenvalue weighted by Crippen LogP contribution is -2.15. The van der Waals surface area contributed by atoms with E-state index in [2.05, 4.69) is 21.3 Å². The van der Waals surface area contributed by atoms with Gasteiger partial charge in [0, 0.05) is 6.20 Å². The van der Waals surface area contributed by atoms with Crippen LogP contribution in [0.25, 0.3) is 9.69 Å². The van der Waals surface area contributed by atoms with Crippen molar-refractivity contribution in [1.82, 2.24) is 4.72 Å². The Bertz CT molecular complexity index is 814. The molecule has 1 saturated heterocycles. The lowest BCUT2D eigenvalue weighted by Gasteiger charge is -2.05. The van der Waals surface area contributed by atoms with Gasteiger partial charge in [-0.05, 0) is 13.3 Å². The highest BCUT2D eigenvalue weighted by Crippen LogP contribution is 2.16. The zero-order chi connectivity index (χ0) is 25.0. The second-order valence-corrected chi connectivity index (χ2v) is 9.33. The zero-order valence-electron chi connectivity index (χ0n) is 20.0. The third-order valence-corrected chi connectivity index (χ3v) is 4.98. The van der Waals surface area contributed by atoms with Crippen LogP contribution in [-0.4, -0.2) is 40.5 Å². The van der Waals surface area contributed by atoms with Gasteiger partial charge in [0.2, 0.25) is 10.0 Å². The summed E-state index contributed by atoms with van der Waals surface area (Å²) in [6.07, 6.45) is 14.5. The Morgan fingerprint density at radius 1 is 1.00 bits per heavy atom. The van der Waals surface area contributed by atoms with Crippen molar-refractivity contribution in [1.29, 1.82) is 0 Å². The molecular formula is C23H37N3O6S. The van der Waals surface area contributed by atoms with Gasteiger partial charge in [-0.2, -0.15) is 0 Å². The summed E-state index contributed by atoms with van der Waals surface area (Å²) in [5.41, 5.74) is 0.125. The number of rotatable bonds is 14. The lowest BCUT2D eigenvalue weighted by molar-refractivity contribution is -0.139. The van der Waals surface area contributed by atoms with E-state index >= 15 is 0 Å². The van der Waals surface area contributed by atoms with Gasteiger partial charge < -0.3 is 18.9 Å². The fraction of sp³-hybridized carbons (Fsp3) is 0.696. The van der Waals surface area contributed by atoms with E-state index in [9.17, 15) is 13.2 Å². The van der Waals surface area contributed by atoms with Crippen LogP contribution in [0.2, 0.25) is 0 Å². The fourth-order valence-electron chi connectivity index (χ4n) is 2.67. The van der Waals surface area contributed by atoms with E-state index in [0.29, 0.717) is 25.5 Å². The molecule has 0 radical (unpaired) electrons. The Balaban J connectivity index is 0.000000861. The van der Waals surface area contributed by atoms with E-state index in [-0.39, 0.29) is 11.6 Å². The van der Waals surface area contributed by atoms with Gasteiger partial charge in [-0.1, -0.05) is 64.7 Å². The number of nitrogens with one attached hydrogen (secondary N) is 1. The van der Waals surface area contributed by atoms with Crippen LogP contribution in [0, 0.1) is 13.1 Å². The topological polar surface area (TPSA) is 99.7 Å². The molecule has 0 atom stereocenters. The van der Waals surface area contributed by atoms with Gasteiger partial charge in [0.05, 0.1) is 26.0 Å². The number of carbonyl (C=O) groups is 1. The smallest absolute Gasteiger partial charge is 0.346 e. The number of hydrogen-bond acceptors (Lipinski definition) is 6. The van der Waals surface area contributed by atoms with Crippen molar-refractivity contribution in [2.45, 2.75) is 78.1 Å². The van der Waals surface area contributed by atoms with Crippen LogP contribution in [0.4, 0.5) is 0 Å². The maximum atomic E-state index is 11.8. The number of unbranched alkanes of at least 4 members (excludes halogenated alkanes) is 9. The van der Waals surface area contributed by atoms with Gasteiger partial charge in [0.1, 0.15) is 13.2 Å². The summed E-state index contributed by atoms with van der Waals surface area (Å²) in [6.45, 7) is 18.3. The Kier molecular flexibility index (Phi) is 17.3. The van der Waals surface area contributed by atoms with Gasteiger partial charge in [-0.15, -0.1) is 0 Å². The van der Waals surface area contributed by atoms with Gasteiger partial charge >= 0.3 is 11.7 Å². The van der Waals surface area contributed by atoms with Crippen LogP contribution in [0.5, 0.6) is 0 Å². The zero-order valence-corrected chi connectivity index (χ0v) is 20.8. The van der Waals surface area contributed by atoms with Crippen molar-refractivity contribution < 1.29 is 27.4 Å². The molecule has 1 N–H and O–H groups in total. The monoisotopic (exact) mass is 483 g/mol. The Morgan fingerprint density at radius 2 is 1.52 bits per heavy atom. The number of hydrogen-bond donors (Lipinski definition) is 1. The molecule has 0 aromatic rings. The molecule has 1 aliphatic heterocycles. The summed E-state index contributed by atoms with van der Waals surface area (Å²) >= 11 is 0.